The molecule has 0 atom stereocenters. The van der Waals surface area contributed by atoms with Crippen LogP contribution < -0.4 is 15.2 Å². The van der Waals surface area contributed by atoms with Crippen LogP contribution in [0.3, 0.4) is 0 Å². The maximum atomic E-state index is 12.6. The quantitative estimate of drug-likeness (QED) is 0.636. The number of pyridine rings is 1. The van der Waals surface area contributed by atoms with Crippen molar-refractivity contribution in [2.75, 3.05) is 21.9 Å². The fraction of sp³-hybridized carbons (Fsp3) is 0.182. The van der Waals surface area contributed by atoms with Crippen LogP contribution in [0, 0.1) is 0 Å². The van der Waals surface area contributed by atoms with Crippen LogP contribution in [0.15, 0.2) is 71.7 Å². The molecule has 1 aliphatic heterocycles. The van der Waals surface area contributed by atoms with Gasteiger partial charge < -0.3 is 9.88 Å². The summed E-state index contributed by atoms with van der Waals surface area (Å²) in [7, 11) is -3.27. The summed E-state index contributed by atoms with van der Waals surface area (Å²) >= 11 is 6.18. The number of carbonyl (C=O) groups is 1. The molecule has 1 aromatic heterocycles. The molecule has 2 heterocycles. The maximum absolute atomic E-state index is 12.6. The highest BCUT2D eigenvalue weighted by atomic mass is 35.5. The van der Waals surface area contributed by atoms with Gasteiger partial charge in [-0.2, -0.15) is 0 Å². The van der Waals surface area contributed by atoms with E-state index in [0.29, 0.717) is 34.9 Å². The first-order chi connectivity index (χ1) is 14.8. The third-order valence-corrected chi connectivity index (χ3v) is 7.29. The summed E-state index contributed by atoms with van der Waals surface area (Å²) in [6.07, 6.45) is 2.16. The van der Waals surface area contributed by atoms with Crippen molar-refractivity contribution < 1.29 is 13.2 Å². The van der Waals surface area contributed by atoms with Crippen LogP contribution in [0.1, 0.15) is 22.3 Å². The number of nitrogens with one attached hydrogen (secondary N) is 1. The molecule has 160 valence electrons. The number of nitrogens with zero attached hydrogens (tertiary/aromatic N) is 2. The molecule has 0 saturated carbocycles. The predicted molar refractivity (Wildman–Crippen MR) is 121 cm³/mol. The van der Waals surface area contributed by atoms with Crippen LogP contribution in [0.2, 0.25) is 5.02 Å². The van der Waals surface area contributed by atoms with E-state index < -0.39 is 10.0 Å². The highest BCUT2D eigenvalue weighted by molar-refractivity contribution is 7.93. The van der Waals surface area contributed by atoms with Gasteiger partial charge in [-0.15, -0.1) is 0 Å². The Morgan fingerprint density at radius 1 is 1.03 bits per heavy atom. The summed E-state index contributed by atoms with van der Waals surface area (Å²) in [5, 5.41) is 3.33. The first kappa shape index (κ1) is 21.1. The number of benzene rings is 2. The lowest BCUT2D eigenvalue weighted by Crippen LogP contribution is -2.25. The average Bonchev–Trinajstić information content (AvgIpc) is 3.11. The van der Waals surface area contributed by atoms with Gasteiger partial charge in [-0.05, 0) is 48.4 Å². The molecule has 2 aromatic carbocycles. The molecule has 31 heavy (non-hydrogen) atoms. The lowest BCUT2D eigenvalue weighted by Gasteiger charge is -2.17. The Hall–Kier alpha value is -3.10. The van der Waals surface area contributed by atoms with E-state index in [0.717, 1.165) is 5.56 Å². The smallest absolute Gasteiger partial charge is 0.255 e. The topological polar surface area (TPSA) is 88.5 Å². The van der Waals surface area contributed by atoms with Crippen molar-refractivity contribution in [3.05, 3.63) is 93.4 Å². The summed E-state index contributed by atoms with van der Waals surface area (Å²) in [6.45, 7) is 0.724. The lowest BCUT2D eigenvalue weighted by molar-refractivity contribution is 0.102. The average molecular weight is 458 g/mol. The van der Waals surface area contributed by atoms with E-state index in [9.17, 15) is 18.0 Å². The van der Waals surface area contributed by atoms with Crippen molar-refractivity contribution in [1.82, 2.24) is 4.57 Å². The zero-order valence-electron chi connectivity index (χ0n) is 16.5. The van der Waals surface area contributed by atoms with Gasteiger partial charge in [0.1, 0.15) is 0 Å². The van der Waals surface area contributed by atoms with Gasteiger partial charge in [-0.3, -0.25) is 13.9 Å². The van der Waals surface area contributed by atoms with Crippen LogP contribution in [-0.4, -0.2) is 31.2 Å². The molecule has 1 fully saturated rings. The number of amides is 1. The molecule has 0 spiro atoms. The first-order valence-electron chi connectivity index (χ1n) is 9.69. The van der Waals surface area contributed by atoms with Crippen molar-refractivity contribution in [2.45, 2.75) is 13.0 Å². The SMILES string of the molecule is O=C(Nc1ccc(=O)n(Cc2ccccc2Cl)c1)c1ccc(N2CCCS2(=O)=O)cc1. The van der Waals surface area contributed by atoms with Gasteiger partial charge in [0.05, 0.1) is 23.7 Å². The van der Waals surface area contributed by atoms with E-state index in [-0.39, 0.29) is 23.8 Å². The maximum Gasteiger partial charge on any atom is 0.255 e. The molecule has 0 radical (unpaired) electrons. The third kappa shape index (κ3) is 4.65. The number of sulfonamides is 1. The minimum Gasteiger partial charge on any atom is -0.321 e. The van der Waals surface area contributed by atoms with E-state index in [1.165, 1.54) is 21.0 Å². The van der Waals surface area contributed by atoms with Gasteiger partial charge in [0.2, 0.25) is 10.0 Å². The fourth-order valence-corrected chi connectivity index (χ4v) is 5.21. The summed E-state index contributed by atoms with van der Waals surface area (Å²) < 4.78 is 26.9. The Bertz CT molecular complexity index is 1290. The lowest BCUT2D eigenvalue weighted by atomic mass is 10.2. The number of anilines is 2. The Kier molecular flexibility index (Phi) is 5.84. The van der Waals surface area contributed by atoms with Crippen molar-refractivity contribution >= 4 is 38.9 Å². The minimum absolute atomic E-state index is 0.138. The molecule has 7 nitrogen and oxygen atoms in total. The first-order valence-corrected chi connectivity index (χ1v) is 11.7. The van der Waals surface area contributed by atoms with E-state index in [4.69, 9.17) is 11.6 Å². The monoisotopic (exact) mass is 457 g/mol. The molecule has 0 bridgehead atoms. The Balaban J connectivity index is 1.50. The molecular formula is C22H20ClN3O4S. The molecule has 0 aliphatic carbocycles. The largest absolute Gasteiger partial charge is 0.321 e. The number of halogens is 1. The van der Waals surface area contributed by atoms with E-state index in [2.05, 4.69) is 5.32 Å². The van der Waals surface area contributed by atoms with Crippen molar-refractivity contribution in [3.8, 4) is 0 Å². The number of rotatable bonds is 5. The molecule has 1 saturated heterocycles. The van der Waals surface area contributed by atoms with Crippen LogP contribution in [0.5, 0.6) is 0 Å². The molecule has 0 unspecified atom stereocenters. The summed E-state index contributed by atoms with van der Waals surface area (Å²) in [5.41, 5.74) is 1.96. The molecular weight excluding hydrogens is 438 g/mol. The summed E-state index contributed by atoms with van der Waals surface area (Å²) in [5.74, 6) is -0.224. The van der Waals surface area contributed by atoms with Crippen LogP contribution in [-0.2, 0) is 16.6 Å². The predicted octanol–water partition coefficient (Wildman–Crippen LogP) is 3.34. The van der Waals surface area contributed by atoms with E-state index in [1.807, 2.05) is 18.2 Å². The number of carbonyl (C=O) groups excluding carboxylic acids is 1. The zero-order chi connectivity index (χ0) is 22.0. The van der Waals surface area contributed by atoms with Gasteiger partial charge in [0, 0.05) is 29.4 Å². The fourth-order valence-electron chi connectivity index (χ4n) is 3.45. The molecule has 1 N–H and O–H groups in total. The second-order valence-corrected chi connectivity index (χ2v) is 9.64. The Labute approximate surface area is 184 Å². The Morgan fingerprint density at radius 2 is 1.77 bits per heavy atom. The van der Waals surface area contributed by atoms with Gasteiger partial charge in [0.25, 0.3) is 11.5 Å². The van der Waals surface area contributed by atoms with Gasteiger partial charge in [-0.1, -0.05) is 29.8 Å². The van der Waals surface area contributed by atoms with Crippen LogP contribution in [0.25, 0.3) is 0 Å². The number of aromatic nitrogens is 1. The number of hydrogen-bond donors (Lipinski definition) is 1. The van der Waals surface area contributed by atoms with Crippen molar-refractivity contribution in [2.24, 2.45) is 0 Å². The highest BCUT2D eigenvalue weighted by Crippen LogP contribution is 2.24. The van der Waals surface area contributed by atoms with E-state index in [1.54, 1.807) is 36.5 Å². The van der Waals surface area contributed by atoms with Gasteiger partial charge >= 0.3 is 0 Å². The molecule has 1 amide bonds. The number of hydrogen-bond acceptors (Lipinski definition) is 4. The third-order valence-electron chi connectivity index (χ3n) is 5.06. The molecule has 3 aromatic rings. The normalized spacial score (nSPS) is 15.1. The molecule has 4 rings (SSSR count). The summed E-state index contributed by atoms with van der Waals surface area (Å²) in [4.78, 5) is 24.8. The van der Waals surface area contributed by atoms with Crippen molar-refractivity contribution in [3.63, 3.8) is 0 Å². The van der Waals surface area contributed by atoms with E-state index >= 15 is 0 Å². The van der Waals surface area contributed by atoms with Gasteiger partial charge in [0.15, 0.2) is 0 Å². The molecule has 1 aliphatic rings. The second kappa shape index (κ2) is 8.56. The second-order valence-electron chi connectivity index (χ2n) is 7.22. The van der Waals surface area contributed by atoms with Gasteiger partial charge in [-0.25, -0.2) is 8.42 Å². The van der Waals surface area contributed by atoms with Crippen molar-refractivity contribution in [1.29, 1.82) is 0 Å². The standard InChI is InChI=1S/C22H20ClN3O4S/c23-20-5-2-1-4-17(20)14-25-15-18(8-11-21(25)27)24-22(28)16-6-9-19(10-7-16)26-12-3-13-31(26,29)30/h1-2,4-11,15H,3,12-14H2,(H,24,28). The minimum atomic E-state index is -3.27. The van der Waals surface area contributed by atoms with Crippen LogP contribution >= 0.6 is 11.6 Å². The Morgan fingerprint density at radius 3 is 2.45 bits per heavy atom. The van der Waals surface area contributed by atoms with Crippen LogP contribution in [0.4, 0.5) is 11.4 Å². The highest BCUT2D eigenvalue weighted by Gasteiger charge is 2.28. The zero-order valence-corrected chi connectivity index (χ0v) is 18.1. The molecule has 9 heteroatoms. The summed E-state index contributed by atoms with van der Waals surface area (Å²) in [6, 6.07) is 16.6.